The molecule has 1 fully saturated rings. The average molecular weight is 386 g/mol. The number of rotatable bonds is 4. The largest absolute Gasteiger partial charge is 0.368 e. The molecule has 0 bridgehead atoms. The minimum absolute atomic E-state index is 0.134. The normalized spacial score (nSPS) is 19.4. The predicted molar refractivity (Wildman–Crippen MR) is 106 cm³/mol. The molecule has 1 atom stereocenters. The molecule has 3 heterocycles. The van der Waals surface area contributed by atoms with Crippen LogP contribution in [-0.4, -0.2) is 59.4 Å². The molecule has 1 unspecified atom stereocenters. The van der Waals surface area contributed by atoms with Gasteiger partial charge in [-0.2, -0.15) is 4.98 Å². The van der Waals surface area contributed by atoms with Crippen LogP contribution in [0.5, 0.6) is 0 Å². The van der Waals surface area contributed by atoms with E-state index in [0.717, 1.165) is 37.7 Å². The van der Waals surface area contributed by atoms with Crippen molar-refractivity contribution in [3.8, 4) is 0 Å². The summed E-state index contributed by atoms with van der Waals surface area (Å²) in [4.78, 5) is 29.2. The zero-order chi connectivity index (χ0) is 18.6. The van der Waals surface area contributed by atoms with E-state index in [1.165, 1.54) is 17.8 Å². The minimum atomic E-state index is -0.225. The monoisotopic (exact) mass is 386 g/mol. The molecule has 2 aliphatic heterocycles. The molecule has 27 heavy (non-hydrogen) atoms. The highest BCUT2D eigenvalue weighted by Crippen LogP contribution is 2.21. The van der Waals surface area contributed by atoms with E-state index in [9.17, 15) is 9.18 Å². The lowest BCUT2D eigenvalue weighted by Gasteiger charge is -2.36. The molecule has 0 spiro atoms. The number of carbonyl (C=O) groups excluding carboxylic acids is 1. The number of carbonyl (C=O) groups is 1. The summed E-state index contributed by atoms with van der Waals surface area (Å²) < 4.78 is 13.4. The van der Waals surface area contributed by atoms with E-state index < -0.39 is 0 Å². The second-order valence-electron chi connectivity index (χ2n) is 6.28. The van der Waals surface area contributed by atoms with Crippen molar-refractivity contribution in [1.29, 1.82) is 0 Å². The van der Waals surface area contributed by atoms with Gasteiger partial charge >= 0.3 is 0 Å². The molecular weight excluding hydrogens is 367 g/mol. The van der Waals surface area contributed by atoms with Gasteiger partial charge < -0.3 is 9.80 Å². The molecule has 140 valence electrons. The van der Waals surface area contributed by atoms with Crippen LogP contribution >= 0.6 is 11.8 Å². The fourth-order valence-electron chi connectivity index (χ4n) is 3.09. The van der Waals surface area contributed by atoms with Gasteiger partial charge in [-0.3, -0.25) is 15.1 Å². The number of halogens is 1. The summed E-state index contributed by atoms with van der Waals surface area (Å²) in [6.45, 7) is 3.54. The van der Waals surface area contributed by atoms with Gasteiger partial charge in [0.2, 0.25) is 11.9 Å². The molecule has 1 aromatic carbocycles. The standard InChI is InChI=1S/C18H19FN6OS/c19-13-2-1-3-14(10-13)24-6-8-25(9-7-24)16-4-5-21-18(22-16)23-17(26)15-11-20-12-27-15/h1-5,10,12,15H,6-9,11H2,(H,21,22,23,26). The summed E-state index contributed by atoms with van der Waals surface area (Å²) in [5.74, 6) is 0.717. The lowest BCUT2D eigenvalue weighted by molar-refractivity contribution is -0.115. The first-order valence-electron chi connectivity index (χ1n) is 8.72. The third-order valence-electron chi connectivity index (χ3n) is 4.52. The summed E-state index contributed by atoms with van der Waals surface area (Å²) in [5.41, 5.74) is 2.58. The smallest absolute Gasteiger partial charge is 0.242 e. The Bertz CT molecular complexity index is 847. The Kier molecular flexibility index (Phi) is 5.19. The minimum Gasteiger partial charge on any atom is -0.368 e. The van der Waals surface area contributed by atoms with Crippen LogP contribution in [0, 0.1) is 5.82 Å². The van der Waals surface area contributed by atoms with Crippen molar-refractivity contribution in [2.45, 2.75) is 5.25 Å². The number of nitrogens with zero attached hydrogens (tertiary/aromatic N) is 5. The van der Waals surface area contributed by atoms with Crippen LogP contribution in [0.2, 0.25) is 0 Å². The van der Waals surface area contributed by atoms with Gasteiger partial charge in [0.15, 0.2) is 0 Å². The molecule has 1 N–H and O–H groups in total. The van der Waals surface area contributed by atoms with Crippen LogP contribution in [0.15, 0.2) is 41.5 Å². The van der Waals surface area contributed by atoms with Crippen LogP contribution in [-0.2, 0) is 4.79 Å². The van der Waals surface area contributed by atoms with E-state index in [-0.39, 0.29) is 17.0 Å². The first kappa shape index (κ1) is 17.7. The van der Waals surface area contributed by atoms with E-state index in [1.54, 1.807) is 23.9 Å². The number of aromatic nitrogens is 2. The van der Waals surface area contributed by atoms with Gasteiger partial charge in [0.05, 0.1) is 12.1 Å². The topological polar surface area (TPSA) is 73.7 Å². The first-order chi connectivity index (χ1) is 13.2. The van der Waals surface area contributed by atoms with E-state index in [0.29, 0.717) is 12.5 Å². The highest BCUT2D eigenvalue weighted by Gasteiger charge is 2.23. The Balaban J connectivity index is 1.37. The number of aliphatic imine (C=N–C) groups is 1. The van der Waals surface area contributed by atoms with Crippen molar-refractivity contribution in [2.24, 2.45) is 4.99 Å². The molecule has 9 heteroatoms. The maximum Gasteiger partial charge on any atom is 0.242 e. The molecule has 1 saturated heterocycles. The Morgan fingerprint density at radius 1 is 1.19 bits per heavy atom. The van der Waals surface area contributed by atoms with E-state index in [4.69, 9.17) is 0 Å². The van der Waals surface area contributed by atoms with Gasteiger partial charge in [0.1, 0.15) is 16.9 Å². The molecular formula is C18H19FN6OS. The van der Waals surface area contributed by atoms with Crippen LogP contribution in [0.3, 0.4) is 0 Å². The van der Waals surface area contributed by atoms with E-state index in [2.05, 4.69) is 30.1 Å². The van der Waals surface area contributed by atoms with Crippen LogP contribution in [0.4, 0.5) is 21.8 Å². The number of hydrogen-bond donors (Lipinski definition) is 1. The van der Waals surface area contributed by atoms with Crippen molar-refractivity contribution in [3.63, 3.8) is 0 Å². The van der Waals surface area contributed by atoms with Crippen LogP contribution < -0.4 is 15.1 Å². The molecule has 0 aliphatic carbocycles. The molecule has 1 aromatic heterocycles. The lowest BCUT2D eigenvalue weighted by atomic mass is 10.2. The van der Waals surface area contributed by atoms with Gasteiger partial charge in [-0.25, -0.2) is 9.37 Å². The van der Waals surface area contributed by atoms with Gasteiger partial charge in [-0.05, 0) is 24.3 Å². The average Bonchev–Trinajstić information content (AvgIpc) is 3.23. The van der Waals surface area contributed by atoms with Crippen molar-refractivity contribution >= 4 is 40.7 Å². The Hall–Kier alpha value is -2.68. The number of amides is 1. The molecule has 7 nitrogen and oxygen atoms in total. The molecule has 2 aromatic rings. The number of hydrogen-bond acceptors (Lipinski definition) is 7. The van der Waals surface area contributed by atoms with Gasteiger partial charge in [0.25, 0.3) is 0 Å². The van der Waals surface area contributed by atoms with Crippen molar-refractivity contribution in [2.75, 3.05) is 47.8 Å². The number of benzene rings is 1. The summed E-state index contributed by atoms with van der Waals surface area (Å²) in [6, 6.07) is 8.48. The Morgan fingerprint density at radius 2 is 2.00 bits per heavy atom. The lowest BCUT2D eigenvalue weighted by Crippen LogP contribution is -2.47. The Morgan fingerprint density at radius 3 is 2.74 bits per heavy atom. The number of nitrogens with one attached hydrogen (secondary N) is 1. The second-order valence-corrected chi connectivity index (χ2v) is 7.33. The second kappa shape index (κ2) is 7.91. The molecule has 0 saturated carbocycles. The van der Waals surface area contributed by atoms with Gasteiger partial charge in [-0.1, -0.05) is 17.8 Å². The molecule has 0 radical (unpaired) electrons. The van der Waals surface area contributed by atoms with Gasteiger partial charge in [0, 0.05) is 38.1 Å². The summed E-state index contributed by atoms with van der Waals surface area (Å²) in [7, 11) is 0. The highest BCUT2D eigenvalue weighted by molar-refractivity contribution is 8.13. The fourth-order valence-corrected chi connectivity index (χ4v) is 3.76. The predicted octanol–water partition coefficient (Wildman–Crippen LogP) is 2.02. The van der Waals surface area contributed by atoms with Crippen molar-refractivity contribution in [1.82, 2.24) is 9.97 Å². The Labute approximate surface area is 160 Å². The fraction of sp³-hybridized carbons (Fsp3) is 0.333. The zero-order valence-corrected chi connectivity index (χ0v) is 15.4. The van der Waals surface area contributed by atoms with Crippen LogP contribution in [0.1, 0.15) is 0 Å². The molecule has 4 rings (SSSR count). The zero-order valence-electron chi connectivity index (χ0n) is 14.6. The maximum absolute atomic E-state index is 13.4. The van der Waals surface area contributed by atoms with Gasteiger partial charge in [-0.15, -0.1) is 0 Å². The number of thioether (sulfide) groups is 1. The van der Waals surface area contributed by atoms with E-state index >= 15 is 0 Å². The van der Waals surface area contributed by atoms with Crippen molar-refractivity contribution < 1.29 is 9.18 Å². The number of anilines is 3. The quantitative estimate of drug-likeness (QED) is 0.867. The summed E-state index contributed by atoms with van der Waals surface area (Å²) >= 11 is 1.40. The van der Waals surface area contributed by atoms with E-state index in [1.807, 2.05) is 12.1 Å². The third-order valence-corrected chi connectivity index (χ3v) is 5.48. The van der Waals surface area contributed by atoms with Crippen molar-refractivity contribution in [3.05, 3.63) is 42.3 Å². The first-order valence-corrected chi connectivity index (χ1v) is 9.66. The summed E-state index contributed by atoms with van der Waals surface area (Å²) in [6.07, 6.45) is 1.65. The summed E-state index contributed by atoms with van der Waals surface area (Å²) in [5, 5.41) is 2.55. The molecule has 1 amide bonds. The third kappa shape index (κ3) is 4.19. The molecule has 2 aliphatic rings. The maximum atomic E-state index is 13.4. The van der Waals surface area contributed by atoms with Crippen LogP contribution in [0.25, 0.3) is 0 Å². The SMILES string of the molecule is O=C(Nc1nccc(N2CCN(c3cccc(F)c3)CC2)n1)C1CN=CS1. The number of piperazine rings is 1. The highest BCUT2D eigenvalue weighted by atomic mass is 32.2.